The minimum absolute atomic E-state index is 0.00198. The lowest BCUT2D eigenvalue weighted by Gasteiger charge is -2.31. The van der Waals surface area contributed by atoms with Crippen molar-refractivity contribution in [1.82, 2.24) is 5.32 Å². The third kappa shape index (κ3) is 4.17. The summed E-state index contributed by atoms with van der Waals surface area (Å²) in [7, 11) is 1.64. The predicted octanol–water partition coefficient (Wildman–Crippen LogP) is 3.53. The number of nitrogens with one attached hydrogen (secondary N) is 1. The van der Waals surface area contributed by atoms with Gasteiger partial charge in [0.1, 0.15) is 6.10 Å². The van der Waals surface area contributed by atoms with Gasteiger partial charge in [-0.1, -0.05) is 42.5 Å². The third-order valence-corrected chi connectivity index (χ3v) is 5.52. The number of amides is 1. The first kappa shape index (κ1) is 19.6. The van der Waals surface area contributed by atoms with Gasteiger partial charge in [0, 0.05) is 19.3 Å². The van der Waals surface area contributed by atoms with E-state index in [2.05, 4.69) is 11.4 Å². The molecule has 5 nitrogen and oxygen atoms in total. The minimum Gasteiger partial charge on any atom is -0.392 e. The van der Waals surface area contributed by atoms with E-state index in [1.807, 2.05) is 54.6 Å². The van der Waals surface area contributed by atoms with Gasteiger partial charge in [-0.25, -0.2) is 0 Å². The number of carbonyl (C=O) groups excluding carboxylic acids is 1. The van der Waals surface area contributed by atoms with E-state index in [9.17, 15) is 9.90 Å². The Morgan fingerprint density at radius 3 is 2.76 bits per heavy atom. The van der Waals surface area contributed by atoms with Crippen LogP contribution in [-0.2, 0) is 16.1 Å². The molecule has 0 spiro atoms. The van der Waals surface area contributed by atoms with Crippen LogP contribution in [0.4, 0.5) is 0 Å². The standard InChI is InChI=1S/C24H25NO4/c1-28-23-15-29-11-10-22(23)25-24(27)19-9-7-16-12-18(8-6-17(16)13-19)21-5-3-2-4-20(21)14-26/h2-9,12-13,22-23,26H,10-11,14-15H2,1H3,(H,25,27)/t22-,23-/m0/s1. The second-order valence-electron chi connectivity index (χ2n) is 7.31. The molecule has 1 aliphatic rings. The van der Waals surface area contributed by atoms with E-state index in [1.165, 1.54) is 0 Å². The van der Waals surface area contributed by atoms with E-state index in [-0.39, 0.29) is 24.7 Å². The Bertz CT molecular complexity index is 1020. The van der Waals surface area contributed by atoms with Crippen LogP contribution in [0.2, 0.25) is 0 Å². The molecule has 0 saturated carbocycles. The number of benzene rings is 3. The molecule has 0 aromatic heterocycles. The number of aliphatic hydroxyl groups is 1. The molecule has 3 aromatic carbocycles. The normalized spacial score (nSPS) is 19.2. The van der Waals surface area contributed by atoms with Crippen LogP contribution in [0.3, 0.4) is 0 Å². The number of carbonyl (C=O) groups is 1. The molecule has 0 aliphatic carbocycles. The second-order valence-corrected chi connectivity index (χ2v) is 7.31. The van der Waals surface area contributed by atoms with Crippen molar-refractivity contribution in [2.75, 3.05) is 20.3 Å². The Hall–Kier alpha value is -2.73. The van der Waals surface area contributed by atoms with E-state index < -0.39 is 0 Å². The van der Waals surface area contributed by atoms with E-state index in [0.29, 0.717) is 18.8 Å². The van der Waals surface area contributed by atoms with Crippen molar-refractivity contribution in [1.29, 1.82) is 0 Å². The first-order valence-corrected chi connectivity index (χ1v) is 9.84. The average Bonchev–Trinajstić information content (AvgIpc) is 2.78. The lowest BCUT2D eigenvalue weighted by atomic mass is 9.96. The lowest BCUT2D eigenvalue weighted by Crippen LogP contribution is -2.49. The summed E-state index contributed by atoms with van der Waals surface area (Å²) in [6.45, 7) is 1.12. The van der Waals surface area contributed by atoms with Gasteiger partial charge < -0.3 is 19.9 Å². The molecule has 0 bridgehead atoms. The van der Waals surface area contributed by atoms with Crippen molar-refractivity contribution >= 4 is 16.7 Å². The summed E-state index contributed by atoms with van der Waals surface area (Å²) in [6.07, 6.45) is 0.619. The van der Waals surface area contributed by atoms with Crippen LogP contribution in [0.5, 0.6) is 0 Å². The van der Waals surface area contributed by atoms with Gasteiger partial charge in [-0.15, -0.1) is 0 Å². The molecule has 0 radical (unpaired) electrons. The quantitative estimate of drug-likeness (QED) is 0.698. The maximum absolute atomic E-state index is 12.8. The highest BCUT2D eigenvalue weighted by Gasteiger charge is 2.27. The maximum Gasteiger partial charge on any atom is 0.251 e. The molecule has 2 N–H and O–H groups in total. The van der Waals surface area contributed by atoms with E-state index in [1.54, 1.807) is 7.11 Å². The molecule has 1 fully saturated rings. The molecule has 2 atom stereocenters. The van der Waals surface area contributed by atoms with Gasteiger partial charge in [0.05, 0.1) is 19.3 Å². The fourth-order valence-electron chi connectivity index (χ4n) is 3.86. The summed E-state index contributed by atoms with van der Waals surface area (Å²) in [5.74, 6) is -0.101. The van der Waals surface area contributed by atoms with Gasteiger partial charge in [-0.05, 0) is 52.1 Å². The summed E-state index contributed by atoms with van der Waals surface area (Å²) in [5, 5.41) is 14.7. The Kier molecular flexibility index (Phi) is 5.90. The molecule has 0 unspecified atom stereocenters. The number of fused-ring (bicyclic) bond motifs is 1. The molecule has 1 amide bonds. The highest BCUT2D eigenvalue weighted by molar-refractivity contribution is 5.99. The second kappa shape index (κ2) is 8.74. The smallest absolute Gasteiger partial charge is 0.251 e. The van der Waals surface area contributed by atoms with Crippen molar-refractivity contribution in [3.63, 3.8) is 0 Å². The monoisotopic (exact) mass is 391 g/mol. The topological polar surface area (TPSA) is 67.8 Å². The highest BCUT2D eigenvalue weighted by atomic mass is 16.5. The molecular formula is C24H25NO4. The number of hydrogen-bond donors (Lipinski definition) is 2. The van der Waals surface area contributed by atoms with Crippen LogP contribution in [0.25, 0.3) is 21.9 Å². The molecule has 1 heterocycles. The van der Waals surface area contributed by atoms with Crippen LogP contribution >= 0.6 is 0 Å². The number of ether oxygens (including phenoxy) is 2. The van der Waals surface area contributed by atoms with Crippen LogP contribution in [-0.4, -0.2) is 43.5 Å². The molecule has 3 aromatic rings. The summed E-state index contributed by atoms with van der Waals surface area (Å²) < 4.78 is 10.8. The van der Waals surface area contributed by atoms with Crippen molar-refractivity contribution in [3.05, 3.63) is 71.8 Å². The lowest BCUT2D eigenvalue weighted by molar-refractivity contribution is -0.0479. The fourth-order valence-corrected chi connectivity index (χ4v) is 3.86. The Morgan fingerprint density at radius 1 is 1.14 bits per heavy atom. The van der Waals surface area contributed by atoms with Gasteiger partial charge in [0.15, 0.2) is 0 Å². The van der Waals surface area contributed by atoms with Crippen molar-refractivity contribution < 1.29 is 19.4 Å². The molecule has 4 rings (SSSR count). The predicted molar refractivity (Wildman–Crippen MR) is 113 cm³/mol. The molecule has 29 heavy (non-hydrogen) atoms. The van der Waals surface area contributed by atoms with Crippen LogP contribution < -0.4 is 5.32 Å². The van der Waals surface area contributed by atoms with Crippen molar-refractivity contribution in [2.24, 2.45) is 0 Å². The Labute approximate surface area is 170 Å². The van der Waals surface area contributed by atoms with Gasteiger partial charge in [0.2, 0.25) is 0 Å². The first-order valence-electron chi connectivity index (χ1n) is 9.84. The third-order valence-electron chi connectivity index (χ3n) is 5.52. The zero-order chi connectivity index (χ0) is 20.2. The molecule has 5 heteroatoms. The first-order chi connectivity index (χ1) is 14.2. The molecule has 1 aliphatic heterocycles. The van der Waals surface area contributed by atoms with E-state index in [0.717, 1.165) is 33.9 Å². The van der Waals surface area contributed by atoms with Gasteiger partial charge >= 0.3 is 0 Å². The summed E-state index contributed by atoms with van der Waals surface area (Å²) in [4.78, 5) is 12.8. The van der Waals surface area contributed by atoms with Crippen LogP contribution in [0, 0.1) is 0 Å². The minimum atomic E-state index is -0.123. The largest absolute Gasteiger partial charge is 0.392 e. The number of aliphatic hydroxyl groups excluding tert-OH is 1. The molecule has 150 valence electrons. The van der Waals surface area contributed by atoms with Gasteiger partial charge in [-0.2, -0.15) is 0 Å². The zero-order valence-corrected chi connectivity index (χ0v) is 16.4. The number of methoxy groups -OCH3 is 1. The van der Waals surface area contributed by atoms with Crippen molar-refractivity contribution in [3.8, 4) is 11.1 Å². The van der Waals surface area contributed by atoms with Gasteiger partial charge in [-0.3, -0.25) is 4.79 Å². The van der Waals surface area contributed by atoms with Crippen molar-refractivity contribution in [2.45, 2.75) is 25.2 Å². The van der Waals surface area contributed by atoms with E-state index >= 15 is 0 Å². The average molecular weight is 391 g/mol. The summed E-state index contributed by atoms with van der Waals surface area (Å²) in [6, 6.07) is 19.6. The van der Waals surface area contributed by atoms with Crippen LogP contribution in [0.15, 0.2) is 60.7 Å². The molecule has 1 saturated heterocycles. The number of rotatable bonds is 5. The summed E-state index contributed by atoms with van der Waals surface area (Å²) >= 11 is 0. The molecular weight excluding hydrogens is 366 g/mol. The maximum atomic E-state index is 12.8. The van der Waals surface area contributed by atoms with E-state index in [4.69, 9.17) is 9.47 Å². The van der Waals surface area contributed by atoms with Gasteiger partial charge in [0.25, 0.3) is 5.91 Å². The summed E-state index contributed by atoms with van der Waals surface area (Å²) in [5.41, 5.74) is 3.59. The number of hydrogen-bond acceptors (Lipinski definition) is 4. The SMILES string of the molecule is CO[C@H]1COCC[C@@H]1NC(=O)c1ccc2cc(-c3ccccc3CO)ccc2c1. The zero-order valence-electron chi connectivity index (χ0n) is 16.4. The highest BCUT2D eigenvalue weighted by Crippen LogP contribution is 2.28. The Balaban J connectivity index is 1.57. The van der Waals surface area contributed by atoms with Crippen LogP contribution in [0.1, 0.15) is 22.3 Å². The Morgan fingerprint density at radius 2 is 1.93 bits per heavy atom. The fraction of sp³-hybridized carbons (Fsp3) is 0.292.